The molecular formula is C30H39F4N7O3. The van der Waals surface area contributed by atoms with E-state index in [0.29, 0.717) is 29.2 Å². The summed E-state index contributed by atoms with van der Waals surface area (Å²) in [7, 11) is 0. The van der Waals surface area contributed by atoms with Gasteiger partial charge in [-0.25, -0.2) is 27.1 Å². The van der Waals surface area contributed by atoms with Gasteiger partial charge in [-0.1, -0.05) is 0 Å². The van der Waals surface area contributed by atoms with E-state index in [4.69, 9.17) is 9.72 Å². The van der Waals surface area contributed by atoms with E-state index in [0.717, 1.165) is 0 Å². The molecule has 0 aliphatic heterocycles. The summed E-state index contributed by atoms with van der Waals surface area (Å²) >= 11 is 0. The number of carbonyl (C=O) groups is 2. The highest BCUT2D eigenvalue weighted by Gasteiger charge is 2.46. The average molecular weight is 622 g/mol. The van der Waals surface area contributed by atoms with Crippen LogP contribution < -0.4 is 10.6 Å². The second-order valence-electron chi connectivity index (χ2n) is 12.3. The van der Waals surface area contributed by atoms with Gasteiger partial charge in [0.2, 0.25) is 17.8 Å². The Morgan fingerprint density at radius 1 is 1.09 bits per heavy atom. The number of rotatable bonds is 12. The predicted molar refractivity (Wildman–Crippen MR) is 152 cm³/mol. The lowest BCUT2D eigenvalue weighted by Crippen LogP contribution is -2.40. The minimum Gasteiger partial charge on any atom is -0.379 e. The lowest BCUT2D eigenvalue weighted by molar-refractivity contribution is -0.134. The summed E-state index contributed by atoms with van der Waals surface area (Å²) in [4.78, 5) is 30.9. The van der Waals surface area contributed by atoms with Crippen molar-refractivity contribution in [1.82, 2.24) is 35.0 Å². The number of ether oxygens (including phenoxy) is 1. The molecular weight excluding hydrogens is 582 g/mol. The number of hydrogen-bond donors (Lipinski definition) is 2. The van der Waals surface area contributed by atoms with Crippen molar-refractivity contribution in [2.75, 3.05) is 13.2 Å². The Labute approximate surface area is 252 Å². The maximum atomic E-state index is 14.1. The van der Waals surface area contributed by atoms with Crippen LogP contribution in [0.3, 0.4) is 0 Å². The van der Waals surface area contributed by atoms with Gasteiger partial charge in [-0.05, 0) is 57.6 Å². The Balaban J connectivity index is 1.38. The molecule has 2 fully saturated rings. The molecule has 3 aromatic rings. The molecule has 0 radical (unpaired) electrons. The third kappa shape index (κ3) is 7.39. The Morgan fingerprint density at radius 3 is 2.48 bits per heavy atom. The number of amides is 2. The summed E-state index contributed by atoms with van der Waals surface area (Å²) in [6, 6.07) is 2.05. The van der Waals surface area contributed by atoms with Crippen LogP contribution in [0.25, 0.3) is 5.65 Å². The van der Waals surface area contributed by atoms with Crippen LogP contribution in [-0.2, 0) is 9.53 Å². The van der Waals surface area contributed by atoms with Crippen LogP contribution in [0.4, 0.5) is 17.6 Å². The average Bonchev–Trinajstić information content (AvgIpc) is 3.60. The highest BCUT2D eigenvalue weighted by atomic mass is 19.3. The van der Waals surface area contributed by atoms with Crippen molar-refractivity contribution < 1.29 is 31.9 Å². The summed E-state index contributed by atoms with van der Waals surface area (Å²) in [5, 5.41) is 14.6. The first-order chi connectivity index (χ1) is 20.8. The largest absolute Gasteiger partial charge is 0.379 e. The van der Waals surface area contributed by atoms with Gasteiger partial charge >= 0.3 is 0 Å². The third-order valence-corrected chi connectivity index (χ3v) is 8.47. The molecule has 0 bridgehead atoms. The monoisotopic (exact) mass is 621 g/mol. The fourth-order valence-electron chi connectivity index (χ4n) is 6.10. The first-order valence-corrected chi connectivity index (χ1v) is 15.2. The standard InChI is InChI=1S/C30H39F4N7O3/c1-4-44-17-23(38-26(42)11-19-13-30(33,34)14-19)21-12-25-37-22(16-40(25)36-15-21)27(20-5-8-29(31,32)9-6-20)39-28(43)24-7-10-35-41(24)18(2)3/h7,10,12,15-16,18-20,23,27H,4-6,8-9,11,13-14,17H2,1-3H3,(H,38,42)(H,39,43)/t23-,27+/m1/s1. The zero-order valence-corrected chi connectivity index (χ0v) is 25.1. The van der Waals surface area contributed by atoms with Crippen LogP contribution in [0.5, 0.6) is 0 Å². The number of imidazole rings is 1. The number of halogens is 4. The van der Waals surface area contributed by atoms with Gasteiger partial charge in [0, 0.05) is 56.5 Å². The Hall–Kier alpha value is -3.55. The minimum atomic E-state index is -2.74. The Kier molecular flexibility index (Phi) is 9.28. The van der Waals surface area contributed by atoms with E-state index in [1.54, 1.807) is 35.4 Å². The first kappa shape index (κ1) is 31.9. The summed E-state index contributed by atoms with van der Waals surface area (Å²) in [5.41, 5.74) is 1.87. The fraction of sp³-hybridized carbons (Fsp3) is 0.633. The molecule has 14 heteroatoms. The van der Waals surface area contributed by atoms with E-state index in [-0.39, 0.29) is 81.2 Å². The van der Waals surface area contributed by atoms with Gasteiger partial charge in [0.15, 0.2) is 5.65 Å². The lowest BCUT2D eigenvalue weighted by Gasteiger charge is -2.34. The molecule has 0 spiro atoms. The van der Waals surface area contributed by atoms with Crippen molar-refractivity contribution in [3.63, 3.8) is 0 Å². The van der Waals surface area contributed by atoms with Crippen molar-refractivity contribution in [2.24, 2.45) is 11.8 Å². The minimum absolute atomic E-state index is 0.00105. The van der Waals surface area contributed by atoms with E-state index in [1.807, 2.05) is 20.8 Å². The highest BCUT2D eigenvalue weighted by Crippen LogP contribution is 2.44. The number of nitrogens with zero attached hydrogens (tertiary/aromatic N) is 5. The highest BCUT2D eigenvalue weighted by molar-refractivity contribution is 5.92. The van der Waals surface area contributed by atoms with Gasteiger partial charge in [0.1, 0.15) is 5.69 Å². The van der Waals surface area contributed by atoms with Crippen LogP contribution in [-0.4, -0.2) is 61.3 Å². The van der Waals surface area contributed by atoms with E-state index in [2.05, 4.69) is 20.8 Å². The number of nitrogens with one attached hydrogen (secondary N) is 2. The van der Waals surface area contributed by atoms with Gasteiger partial charge in [-0.15, -0.1) is 0 Å². The number of carbonyl (C=O) groups excluding carboxylic acids is 2. The van der Waals surface area contributed by atoms with Crippen LogP contribution in [0.15, 0.2) is 30.7 Å². The van der Waals surface area contributed by atoms with Crippen LogP contribution in [0.1, 0.15) is 106 Å². The first-order valence-electron chi connectivity index (χ1n) is 15.2. The second-order valence-corrected chi connectivity index (χ2v) is 12.3. The second kappa shape index (κ2) is 12.8. The van der Waals surface area contributed by atoms with Gasteiger partial charge in [-0.2, -0.15) is 10.2 Å². The van der Waals surface area contributed by atoms with Gasteiger partial charge in [0.05, 0.1) is 36.8 Å². The van der Waals surface area contributed by atoms with Crippen LogP contribution in [0, 0.1) is 11.8 Å². The van der Waals surface area contributed by atoms with E-state index >= 15 is 0 Å². The lowest BCUT2D eigenvalue weighted by atomic mass is 9.79. The molecule has 0 saturated heterocycles. The van der Waals surface area contributed by atoms with E-state index < -0.39 is 23.9 Å². The summed E-state index contributed by atoms with van der Waals surface area (Å²) in [6.45, 7) is 6.18. The molecule has 2 amide bonds. The fourth-order valence-corrected chi connectivity index (χ4v) is 6.10. The van der Waals surface area contributed by atoms with Crippen molar-refractivity contribution in [3.8, 4) is 0 Å². The number of fused-ring (bicyclic) bond motifs is 1. The summed E-state index contributed by atoms with van der Waals surface area (Å²) in [6.07, 6.45) is 4.06. The molecule has 3 heterocycles. The molecule has 2 atom stereocenters. The molecule has 10 nitrogen and oxygen atoms in total. The van der Waals surface area contributed by atoms with Crippen molar-refractivity contribution in [1.29, 1.82) is 0 Å². The molecule has 2 N–H and O–H groups in total. The van der Waals surface area contributed by atoms with Crippen molar-refractivity contribution in [2.45, 2.75) is 95.7 Å². The number of aromatic nitrogens is 5. The molecule has 2 aliphatic rings. The third-order valence-electron chi connectivity index (χ3n) is 8.47. The maximum Gasteiger partial charge on any atom is 0.270 e. The van der Waals surface area contributed by atoms with Crippen LogP contribution >= 0.6 is 0 Å². The Bertz CT molecular complexity index is 1460. The SMILES string of the molecule is CCOC[C@@H](NC(=O)CC1CC(F)(F)C1)c1cnn2cc([C@@H](NC(=O)c3ccnn3C(C)C)C3CCC(F)(F)CC3)nc2c1. The van der Waals surface area contributed by atoms with Crippen LogP contribution in [0.2, 0.25) is 0 Å². The smallest absolute Gasteiger partial charge is 0.270 e. The van der Waals surface area contributed by atoms with Gasteiger partial charge < -0.3 is 15.4 Å². The summed E-state index contributed by atoms with van der Waals surface area (Å²) in [5.74, 6) is -6.81. The number of alkyl halides is 4. The molecule has 2 aliphatic carbocycles. The zero-order chi connectivity index (χ0) is 31.6. The van der Waals surface area contributed by atoms with E-state index in [9.17, 15) is 27.2 Å². The quantitative estimate of drug-likeness (QED) is 0.261. The molecule has 44 heavy (non-hydrogen) atoms. The Morgan fingerprint density at radius 2 is 1.82 bits per heavy atom. The van der Waals surface area contributed by atoms with E-state index in [1.165, 1.54) is 4.52 Å². The number of hydrogen-bond acceptors (Lipinski definition) is 6. The topological polar surface area (TPSA) is 115 Å². The molecule has 240 valence electrons. The maximum absolute atomic E-state index is 14.1. The van der Waals surface area contributed by atoms with Gasteiger partial charge in [0.25, 0.3) is 5.91 Å². The van der Waals surface area contributed by atoms with Crippen molar-refractivity contribution >= 4 is 17.5 Å². The molecule has 5 rings (SSSR count). The van der Waals surface area contributed by atoms with Crippen molar-refractivity contribution in [3.05, 3.63) is 47.7 Å². The normalized spacial score (nSPS) is 19.9. The molecule has 2 saturated carbocycles. The zero-order valence-electron chi connectivity index (χ0n) is 25.1. The molecule has 3 aromatic heterocycles. The predicted octanol–water partition coefficient (Wildman–Crippen LogP) is 5.43. The molecule has 0 unspecified atom stereocenters. The van der Waals surface area contributed by atoms with Gasteiger partial charge in [-0.3, -0.25) is 14.3 Å². The molecule has 0 aromatic carbocycles. The summed E-state index contributed by atoms with van der Waals surface area (Å²) < 4.78 is 63.3.